The van der Waals surface area contributed by atoms with Crippen LogP contribution < -0.4 is 15.8 Å². The molecule has 0 aliphatic carbocycles. The van der Waals surface area contributed by atoms with Crippen molar-refractivity contribution in [1.82, 2.24) is 25.1 Å². The lowest BCUT2D eigenvalue weighted by atomic mass is 10.2. The second-order valence-corrected chi connectivity index (χ2v) is 8.37. The van der Waals surface area contributed by atoms with Crippen LogP contribution in [-0.2, 0) is 21.9 Å². The van der Waals surface area contributed by atoms with E-state index in [-0.39, 0.29) is 38.7 Å². The average molecular weight is 553 g/mol. The van der Waals surface area contributed by atoms with Crippen LogP contribution in [0.4, 0.5) is 38.0 Å². The molecule has 1 saturated heterocycles. The second-order valence-electron chi connectivity index (χ2n) is 8.37. The molecule has 1 fully saturated rings. The number of ether oxygens (including phenoxy) is 1. The van der Waals surface area contributed by atoms with Crippen LogP contribution in [0.5, 0.6) is 0 Å². The molecule has 1 aliphatic heterocycles. The first kappa shape index (κ1) is 29.1. The number of nitrogens with one attached hydrogen (secondary N) is 2. The highest BCUT2D eigenvalue weighted by Crippen LogP contribution is 2.32. The number of carbonyl (C=O) groups excluding carboxylic acids is 1. The van der Waals surface area contributed by atoms with Gasteiger partial charge in [-0.05, 0) is 6.42 Å². The van der Waals surface area contributed by atoms with E-state index in [9.17, 15) is 41.0 Å². The van der Waals surface area contributed by atoms with Gasteiger partial charge in [0.05, 0.1) is 30.7 Å². The van der Waals surface area contributed by atoms with E-state index in [1.54, 1.807) is 16.9 Å². The zero-order chi connectivity index (χ0) is 28.1. The van der Waals surface area contributed by atoms with Crippen molar-refractivity contribution in [3.63, 3.8) is 0 Å². The van der Waals surface area contributed by atoms with Crippen LogP contribution in [0.25, 0.3) is 0 Å². The smallest absolute Gasteiger partial charge is 0.381 e. The molecule has 38 heavy (non-hydrogen) atoms. The Morgan fingerprint density at radius 3 is 2.26 bits per heavy atom. The summed E-state index contributed by atoms with van der Waals surface area (Å²) in [5.41, 5.74) is -4.33. The molecule has 0 spiro atoms. The quantitative estimate of drug-likeness (QED) is 0.395. The maximum Gasteiger partial charge on any atom is 0.423 e. The lowest BCUT2D eigenvalue weighted by Gasteiger charge is -2.35. The van der Waals surface area contributed by atoms with Gasteiger partial charge >= 0.3 is 12.4 Å². The number of hydrogen-bond acceptors (Lipinski definition) is 9. The molecule has 3 rings (SSSR count). The fourth-order valence-electron chi connectivity index (χ4n) is 3.63. The first-order chi connectivity index (χ1) is 17.8. The minimum absolute atomic E-state index is 0.0800. The molecule has 3 N–H and O–H groups in total. The number of rotatable bonds is 9. The van der Waals surface area contributed by atoms with E-state index in [1.165, 1.54) is 4.90 Å². The molecule has 0 radical (unpaired) electrons. The zero-order valence-electron chi connectivity index (χ0n) is 20.0. The number of aliphatic hydroxyl groups is 1. The Kier molecular flexibility index (Phi) is 9.14. The molecule has 2 atom stereocenters. The third kappa shape index (κ3) is 7.31. The van der Waals surface area contributed by atoms with Crippen molar-refractivity contribution in [1.29, 1.82) is 0 Å². The van der Waals surface area contributed by atoms with Crippen molar-refractivity contribution in [2.75, 3.05) is 49.6 Å². The average Bonchev–Trinajstić information content (AvgIpc) is 2.86. The highest BCUT2D eigenvalue weighted by Gasteiger charge is 2.38. The normalized spacial score (nSPS) is 16.3. The molecular weight excluding hydrogens is 528 g/mol. The Labute approximate surface area is 211 Å². The summed E-state index contributed by atoms with van der Waals surface area (Å²) >= 11 is 0. The molecule has 1 amide bonds. The van der Waals surface area contributed by atoms with E-state index >= 15 is 0 Å². The van der Waals surface area contributed by atoms with Crippen LogP contribution in [0.3, 0.4) is 0 Å². The highest BCUT2D eigenvalue weighted by atomic mass is 19.4. The molecule has 17 heteroatoms. The van der Waals surface area contributed by atoms with E-state index in [0.717, 1.165) is 6.20 Å². The topological polar surface area (TPSA) is 137 Å². The van der Waals surface area contributed by atoms with Crippen LogP contribution in [-0.4, -0.2) is 87.6 Å². The van der Waals surface area contributed by atoms with Crippen molar-refractivity contribution in [3.05, 3.63) is 40.1 Å². The molecule has 3 heterocycles. The highest BCUT2D eigenvalue weighted by molar-refractivity contribution is 5.81. The summed E-state index contributed by atoms with van der Waals surface area (Å²) in [4.78, 5) is 34.6. The zero-order valence-corrected chi connectivity index (χ0v) is 20.0. The number of aliphatic hydroxyl groups excluding tert-OH is 1. The van der Waals surface area contributed by atoms with Crippen LogP contribution in [0.1, 0.15) is 24.5 Å². The first-order valence-electron chi connectivity index (χ1n) is 11.4. The third-order valence-electron chi connectivity index (χ3n) is 5.71. The summed E-state index contributed by atoms with van der Waals surface area (Å²) in [5.74, 6) is -0.562. The number of halogens is 6. The molecule has 210 valence electrons. The fourth-order valence-corrected chi connectivity index (χ4v) is 3.63. The number of aromatic amines is 1. The number of amides is 1. The summed E-state index contributed by atoms with van der Waals surface area (Å²) in [6.45, 7) is 1.79. The van der Waals surface area contributed by atoms with Crippen LogP contribution in [0.15, 0.2) is 23.4 Å². The van der Waals surface area contributed by atoms with Crippen LogP contribution in [0.2, 0.25) is 0 Å². The predicted molar refractivity (Wildman–Crippen MR) is 120 cm³/mol. The largest absolute Gasteiger partial charge is 0.423 e. The van der Waals surface area contributed by atoms with Gasteiger partial charge in [0.2, 0.25) is 5.95 Å². The molecule has 2 aromatic heterocycles. The van der Waals surface area contributed by atoms with Gasteiger partial charge in [-0.1, -0.05) is 6.92 Å². The number of H-pyrrole nitrogens is 1. The Hall–Kier alpha value is -3.47. The lowest BCUT2D eigenvalue weighted by molar-refractivity contribution is -0.144. The number of nitrogens with zero attached hydrogens (tertiary/aromatic N) is 5. The maximum atomic E-state index is 13.2. The monoisotopic (exact) mass is 553 g/mol. The molecule has 0 aromatic carbocycles. The first-order valence-corrected chi connectivity index (χ1v) is 11.4. The number of piperazine rings is 1. The minimum Gasteiger partial charge on any atom is -0.381 e. The molecule has 2 unspecified atom stereocenters. The summed E-state index contributed by atoms with van der Waals surface area (Å²) in [5, 5.41) is 17.9. The molecule has 0 bridgehead atoms. The van der Waals surface area contributed by atoms with Gasteiger partial charge in [-0.25, -0.2) is 15.1 Å². The van der Waals surface area contributed by atoms with E-state index in [4.69, 9.17) is 4.74 Å². The van der Waals surface area contributed by atoms with Gasteiger partial charge in [-0.15, -0.1) is 0 Å². The van der Waals surface area contributed by atoms with Gasteiger partial charge in [0.25, 0.3) is 11.5 Å². The molecule has 2 aromatic rings. The molecular formula is C21H25F6N7O4. The Morgan fingerprint density at radius 2 is 1.71 bits per heavy atom. The number of carbonyl (C=O) groups is 1. The van der Waals surface area contributed by atoms with Crippen molar-refractivity contribution in [2.45, 2.75) is 37.8 Å². The van der Waals surface area contributed by atoms with Gasteiger partial charge in [0, 0.05) is 44.6 Å². The van der Waals surface area contributed by atoms with Crippen LogP contribution in [0, 0.1) is 0 Å². The summed E-state index contributed by atoms with van der Waals surface area (Å²) in [7, 11) is 0. The Bertz CT molecular complexity index is 1130. The summed E-state index contributed by atoms with van der Waals surface area (Å²) in [6, 6.07) is -0.686. The SMILES string of the molecule is CCC(COCC(O)C(=O)N1CCN(c2ncc(C(F)(F)F)cn2)CC1)Nc1cn[nH]c(=O)c1C(F)(F)F. The number of hydrogen-bond donors (Lipinski definition) is 3. The van der Waals surface area contributed by atoms with Crippen molar-refractivity contribution >= 4 is 17.5 Å². The van der Waals surface area contributed by atoms with E-state index in [0.29, 0.717) is 18.8 Å². The molecule has 11 nitrogen and oxygen atoms in total. The summed E-state index contributed by atoms with van der Waals surface area (Å²) in [6.07, 6.45) is -8.54. The van der Waals surface area contributed by atoms with E-state index < -0.39 is 59.4 Å². The van der Waals surface area contributed by atoms with Gasteiger partial charge in [0.15, 0.2) is 6.10 Å². The predicted octanol–water partition coefficient (Wildman–Crippen LogP) is 1.51. The van der Waals surface area contributed by atoms with Gasteiger partial charge in [-0.3, -0.25) is 9.59 Å². The van der Waals surface area contributed by atoms with Crippen LogP contribution >= 0.6 is 0 Å². The maximum absolute atomic E-state index is 13.2. The summed E-state index contributed by atoms with van der Waals surface area (Å²) < 4.78 is 83.0. The van der Waals surface area contributed by atoms with Crippen molar-refractivity contribution < 1.29 is 41.0 Å². The number of aromatic nitrogens is 4. The minimum atomic E-state index is -4.91. The molecule has 1 aliphatic rings. The number of alkyl halides is 6. The van der Waals surface area contributed by atoms with Crippen molar-refractivity contribution in [2.24, 2.45) is 0 Å². The second kappa shape index (κ2) is 11.9. The Balaban J connectivity index is 1.47. The van der Waals surface area contributed by atoms with Gasteiger partial charge in [0.1, 0.15) is 5.56 Å². The Morgan fingerprint density at radius 1 is 1.08 bits per heavy atom. The van der Waals surface area contributed by atoms with E-state index in [1.807, 2.05) is 0 Å². The fraction of sp³-hybridized carbons (Fsp3) is 0.571. The molecule has 0 saturated carbocycles. The standard InChI is InChI=1S/C21H25F6N7O4/c1-2-13(31-14-9-30-32-17(36)16(14)21(25,26)27)10-38-11-15(35)18(37)33-3-5-34(6-4-33)19-28-7-12(8-29-19)20(22,23)24/h7-9,13,15,35H,2-6,10-11H2,1H3,(H2,31,32,36). The van der Waals surface area contributed by atoms with Gasteiger partial charge in [-0.2, -0.15) is 31.4 Å². The number of anilines is 2. The third-order valence-corrected chi connectivity index (χ3v) is 5.71. The van der Waals surface area contributed by atoms with Crippen molar-refractivity contribution in [3.8, 4) is 0 Å². The lowest BCUT2D eigenvalue weighted by Crippen LogP contribution is -2.52. The van der Waals surface area contributed by atoms with Gasteiger partial charge < -0.3 is 25.0 Å². The van der Waals surface area contributed by atoms with E-state index in [2.05, 4.69) is 20.4 Å².